The van der Waals surface area contributed by atoms with E-state index in [1.54, 1.807) is 0 Å². The number of rotatable bonds is 0. The first-order valence-corrected chi connectivity index (χ1v) is 5.05. The molecule has 1 nitrogen and oxygen atoms in total. The molecule has 2 aliphatic rings. The van der Waals surface area contributed by atoms with Gasteiger partial charge in [-0.05, 0) is 44.7 Å². The summed E-state index contributed by atoms with van der Waals surface area (Å²) in [5.41, 5.74) is 0. The predicted octanol–water partition coefficient (Wildman–Crippen LogP) is 2.13. The highest BCUT2D eigenvalue weighted by molar-refractivity contribution is 4.82. The Morgan fingerprint density at radius 1 is 1.00 bits per heavy atom. The lowest BCUT2D eigenvalue weighted by molar-refractivity contribution is 0.281. The van der Waals surface area contributed by atoms with Gasteiger partial charge >= 0.3 is 0 Å². The van der Waals surface area contributed by atoms with Crippen LogP contribution in [-0.4, -0.2) is 25.0 Å². The van der Waals surface area contributed by atoms with E-state index >= 15 is 0 Å². The minimum Gasteiger partial charge on any atom is -0.306 e. The molecular weight excluding hydrogens is 134 g/mol. The largest absolute Gasteiger partial charge is 0.306 e. The van der Waals surface area contributed by atoms with Crippen LogP contribution >= 0.6 is 0 Å². The Morgan fingerprint density at radius 3 is 2.64 bits per heavy atom. The van der Waals surface area contributed by atoms with Gasteiger partial charge in [0.15, 0.2) is 0 Å². The van der Waals surface area contributed by atoms with Crippen LogP contribution in [0.25, 0.3) is 0 Å². The molecule has 0 aromatic carbocycles. The van der Waals surface area contributed by atoms with Gasteiger partial charge in [0.1, 0.15) is 0 Å². The van der Waals surface area contributed by atoms with E-state index in [1.165, 1.54) is 45.2 Å². The number of nitrogens with zero attached hydrogens (tertiary/aromatic N) is 1. The average molecular weight is 153 g/mol. The molecule has 0 aromatic rings. The van der Waals surface area contributed by atoms with Crippen LogP contribution in [0.3, 0.4) is 0 Å². The third-order valence-corrected chi connectivity index (χ3v) is 3.48. The Labute approximate surface area is 69.8 Å². The Hall–Kier alpha value is -0.0400. The van der Waals surface area contributed by atoms with Crippen LogP contribution in [0.15, 0.2) is 0 Å². The molecule has 1 saturated heterocycles. The first kappa shape index (κ1) is 7.60. The summed E-state index contributed by atoms with van der Waals surface area (Å²) in [7, 11) is 2.28. The lowest BCUT2D eigenvalue weighted by Gasteiger charge is -2.19. The molecule has 2 atom stereocenters. The van der Waals surface area contributed by atoms with Crippen LogP contribution in [0.5, 0.6) is 0 Å². The average Bonchev–Trinajstić information content (AvgIpc) is 2.31. The molecule has 1 heteroatoms. The smallest absolute Gasteiger partial charge is 0.000925 e. The van der Waals surface area contributed by atoms with Crippen molar-refractivity contribution in [2.24, 2.45) is 11.8 Å². The van der Waals surface area contributed by atoms with Crippen molar-refractivity contribution in [1.82, 2.24) is 4.90 Å². The zero-order valence-corrected chi connectivity index (χ0v) is 7.55. The standard InChI is InChI=1S/C10H19N/c1-11-7-3-6-9-4-2-5-10(9)8-11/h9-10H,2-8H2,1H3. The van der Waals surface area contributed by atoms with E-state index < -0.39 is 0 Å². The molecule has 0 N–H and O–H groups in total. The van der Waals surface area contributed by atoms with Gasteiger partial charge in [-0.3, -0.25) is 0 Å². The summed E-state index contributed by atoms with van der Waals surface area (Å²) >= 11 is 0. The van der Waals surface area contributed by atoms with Crippen molar-refractivity contribution in [3.05, 3.63) is 0 Å². The molecule has 2 unspecified atom stereocenters. The number of likely N-dealkylation sites (tertiary alicyclic amines) is 1. The van der Waals surface area contributed by atoms with Crippen molar-refractivity contribution < 1.29 is 0 Å². The summed E-state index contributed by atoms with van der Waals surface area (Å²) in [6.45, 7) is 2.72. The first-order chi connectivity index (χ1) is 5.36. The maximum Gasteiger partial charge on any atom is 0.000925 e. The molecule has 1 aliphatic carbocycles. The zero-order valence-electron chi connectivity index (χ0n) is 7.55. The van der Waals surface area contributed by atoms with Crippen molar-refractivity contribution in [3.8, 4) is 0 Å². The van der Waals surface area contributed by atoms with Gasteiger partial charge in [-0.15, -0.1) is 0 Å². The van der Waals surface area contributed by atoms with Crippen molar-refractivity contribution in [1.29, 1.82) is 0 Å². The topological polar surface area (TPSA) is 3.24 Å². The Kier molecular flexibility index (Phi) is 2.17. The van der Waals surface area contributed by atoms with E-state index in [0.29, 0.717) is 0 Å². The Balaban J connectivity index is 1.98. The van der Waals surface area contributed by atoms with E-state index in [1.807, 2.05) is 0 Å². The SMILES string of the molecule is CN1CCCC2CCCC2C1. The Morgan fingerprint density at radius 2 is 1.73 bits per heavy atom. The molecule has 2 rings (SSSR count). The number of hydrogen-bond acceptors (Lipinski definition) is 1. The van der Waals surface area contributed by atoms with Gasteiger partial charge in [-0.25, -0.2) is 0 Å². The van der Waals surface area contributed by atoms with Gasteiger partial charge in [0.25, 0.3) is 0 Å². The van der Waals surface area contributed by atoms with Crippen molar-refractivity contribution in [3.63, 3.8) is 0 Å². The van der Waals surface area contributed by atoms with Gasteiger partial charge in [0.2, 0.25) is 0 Å². The highest BCUT2D eigenvalue weighted by Gasteiger charge is 2.29. The van der Waals surface area contributed by atoms with Crippen molar-refractivity contribution >= 4 is 0 Å². The summed E-state index contributed by atoms with van der Waals surface area (Å²) in [5.74, 6) is 2.16. The van der Waals surface area contributed by atoms with Crippen LogP contribution in [0.1, 0.15) is 32.1 Å². The molecule has 64 valence electrons. The van der Waals surface area contributed by atoms with E-state index in [4.69, 9.17) is 0 Å². The molecule has 0 aromatic heterocycles. The van der Waals surface area contributed by atoms with Gasteiger partial charge < -0.3 is 4.90 Å². The summed E-state index contributed by atoms with van der Waals surface area (Å²) < 4.78 is 0. The quantitative estimate of drug-likeness (QED) is 0.515. The predicted molar refractivity (Wildman–Crippen MR) is 47.6 cm³/mol. The van der Waals surface area contributed by atoms with Crippen molar-refractivity contribution in [2.75, 3.05) is 20.1 Å². The molecule has 0 radical (unpaired) electrons. The van der Waals surface area contributed by atoms with Gasteiger partial charge in [-0.2, -0.15) is 0 Å². The van der Waals surface area contributed by atoms with Crippen LogP contribution in [0.2, 0.25) is 0 Å². The van der Waals surface area contributed by atoms with E-state index in [9.17, 15) is 0 Å². The van der Waals surface area contributed by atoms with Gasteiger partial charge in [0.05, 0.1) is 0 Å². The first-order valence-electron chi connectivity index (χ1n) is 5.05. The Bertz CT molecular complexity index is 133. The molecule has 1 saturated carbocycles. The second kappa shape index (κ2) is 3.14. The minimum absolute atomic E-state index is 1.06. The third-order valence-electron chi connectivity index (χ3n) is 3.48. The monoisotopic (exact) mass is 153 g/mol. The van der Waals surface area contributed by atoms with Crippen molar-refractivity contribution in [2.45, 2.75) is 32.1 Å². The van der Waals surface area contributed by atoms with Crippen LogP contribution in [0, 0.1) is 11.8 Å². The van der Waals surface area contributed by atoms with Crippen LogP contribution in [0.4, 0.5) is 0 Å². The minimum atomic E-state index is 1.06. The summed E-state index contributed by atoms with van der Waals surface area (Å²) in [6.07, 6.45) is 7.49. The molecule has 0 bridgehead atoms. The molecule has 0 spiro atoms. The normalized spacial score (nSPS) is 40.1. The second-order valence-corrected chi connectivity index (χ2v) is 4.36. The lowest BCUT2D eigenvalue weighted by Crippen LogP contribution is -2.24. The molecule has 1 aliphatic heterocycles. The lowest BCUT2D eigenvalue weighted by atomic mass is 9.93. The molecule has 2 fully saturated rings. The van der Waals surface area contributed by atoms with E-state index in [0.717, 1.165) is 11.8 Å². The number of hydrogen-bond donors (Lipinski definition) is 0. The third kappa shape index (κ3) is 1.58. The van der Waals surface area contributed by atoms with Crippen LogP contribution < -0.4 is 0 Å². The van der Waals surface area contributed by atoms with E-state index in [2.05, 4.69) is 11.9 Å². The molecule has 11 heavy (non-hydrogen) atoms. The van der Waals surface area contributed by atoms with E-state index in [-0.39, 0.29) is 0 Å². The fourth-order valence-corrected chi connectivity index (χ4v) is 2.85. The molecule has 0 amide bonds. The summed E-state index contributed by atoms with van der Waals surface area (Å²) in [5, 5.41) is 0. The molecular formula is C10H19N. The highest BCUT2D eigenvalue weighted by Crippen LogP contribution is 2.36. The molecule has 1 heterocycles. The fraction of sp³-hybridized carbons (Fsp3) is 1.00. The summed E-state index contributed by atoms with van der Waals surface area (Å²) in [6, 6.07) is 0. The maximum atomic E-state index is 2.52. The fourth-order valence-electron chi connectivity index (χ4n) is 2.85. The van der Waals surface area contributed by atoms with Crippen LogP contribution in [-0.2, 0) is 0 Å². The van der Waals surface area contributed by atoms with Gasteiger partial charge in [0, 0.05) is 6.54 Å². The second-order valence-electron chi connectivity index (χ2n) is 4.36. The van der Waals surface area contributed by atoms with Gasteiger partial charge in [-0.1, -0.05) is 12.8 Å². The maximum absolute atomic E-state index is 2.52. The number of fused-ring (bicyclic) bond motifs is 1. The summed E-state index contributed by atoms with van der Waals surface area (Å²) in [4.78, 5) is 2.52. The highest BCUT2D eigenvalue weighted by atomic mass is 15.1. The zero-order chi connectivity index (χ0) is 7.68.